The third-order valence-electron chi connectivity index (χ3n) is 5.38. The van der Waals surface area contributed by atoms with E-state index in [0.29, 0.717) is 26.1 Å². The molecule has 0 bridgehead atoms. The summed E-state index contributed by atoms with van der Waals surface area (Å²) in [6, 6.07) is 1.04. The van der Waals surface area contributed by atoms with Crippen LogP contribution in [0.15, 0.2) is 12.3 Å². The first-order valence-electron chi connectivity index (χ1n) is 9.81. The average Bonchev–Trinajstić information content (AvgIpc) is 3.18. The van der Waals surface area contributed by atoms with Gasteiger partial charge in [-0.1, -0.05) is 13.8 Å². The van der Waals surface area contributed by atoms with E-state index in [9.17, 15) is 18.0 Å². The molecule has 2 N–H and O–H groups in total. The molecule has 2 saturated heterocycles. The fourth-order valence-corrected chi connectivity index (χ4v) is 4.82. The lowest BCUT2D eigenvalue weighted by molar-refractivity contribution is -0.144. The molecular formula is C18H30N6O4S. The third kappa shape index (κ3) is 5.34. The van der Waals surface area contributed by atoms with Gasteiger partial charge in [-0.15, -0.1) is 0 Å². The van der Waals surface area contributed by atoms with Crippen LogP contribution in [0.2, 0.25) is 0 Å². The van der Waals surface area contributed by atoms with Crippen LogP contribution in [0.25, 0.3) is 0 Å². The number of aryl methyl sites for hydroxylation is 1. The summed E-state index contributed by atoms with van der Waals surface area (Å²) in [4.78, 5) is 29.1. The van der Waals surface area contributed by atoms with Crippen LogP contribution < -0.4 is 10.0 Å². The summed E-state index contributed by atoms with van der Waals surface area (Å²) in [5.41, 5.74) is 0.845. The SMILES string of the molecule is CC(C)C(=O)NC[C@H]1C(=O)N2C[C@@H](NS(C)(=O)=O)C[C@H]2CN1Cc1ccn(C)n1. The number of sulfonamides is 1. The number of piperazine rings is 1. The predicted octanol–water partition coefficient (Wildman–Crippen LogP) is -1.10. The summed E-state index contributed by atoms with van der Waals surface area (Å²) in [6.45, 7) is 5.28. The van der Waals surface area contributed by atoms with Crippen LogP contribution in [0.1, 0.15) is 26.0 Å². The number of nitrogens with one attached hydrogen (secondary N) is 2. The molecule has 2 fully saturated rings. The molecule has 0 unspecified atom stereocenters. The van der Waals surface area contributed by atoms with Crippen molar-refractivity contribution in [1.29, 1.82) is 0 Å². The number of fused-ring (bicyclic) bond motifs is 1. The van der Waals surface area contributed by atoms with Gasteiger partial charge in [-0.05, 0) is 12.5 Å². The first-order chi connectivity index (χ1) is 13.5. The number of rotatable bonds is 7. The van der Waals surface area contributed by atoms with Gasteiger partial charge in [-0.25, -0.2) is 13.1 Å². The van der Waals surface area contributed by atoms with Crippen LogP contribution in [-0.4, -0.2) is 83.8 Å². The van der Waals surface area contributed by atoms with Crippen molar-refractivity contribution in [2.45, 2.75) is 44.9 Å². The smallest absolute Gasteiger partial charge is 0.242 e. The predicted molar refractivity (Wildman–Crippen MR) is 107 cm³/mol. The van der Waals surface area contributed by atoms with Gasteiger partial charge in [0.2, 0.25) is 21.8 Å². The van der Waals surface area contributed by atoms with E-state index in [2.05, 4.69) is 15.1 Å². The molecule has 0 aliphatic carbocycles. The van der Waals surface area contributed by atoms with Gasteiger partial charge < -0.3 is 10.2 Å². The summed E-state index contributed by atoms with van der Waals surface area (Å²) >= 11 is 0. The van der Waals surface area contributed by atoms with Gasteiger partial charge in [0.25, 0.3) is 0 Å². The molecular weight excluding hydrogens is 396 g/mol. The largest absolute Gasteiger partial charge is 0.354 e. The van der Waals surface area contributed by atoms with Gasteiger partial charge in [0.15, 0.2) is 0 Å². The zero-order valence-electron chi connectivity index (χ0n) is 17.3. The van der Waals surface area contributed by atoms with Crippen LogP contribution in [0.5, 0.6) is 0 Å². The van der Waals surface area contributed by atoms with Crippen molar-refractivity contribution >= 4 is 21.8 Å². The van der Waals surface area contributed by atoms with Crippen molar-refractivity contribution in [2.75, 3.05) is 25.9 Å². The molecule has 0 radical (unpaired) electrons. The third-order valence-corrected chi connectivity index (χ3v) is 6.14. The highest BCUT2D eigenvalue weighted by Gasteiger charge is 2.46. The minimum absolute atomic E-state index is 0.0671. The fraction of sp³-hybridized carbons (Fsp3) is 0.722. The molecule has 1 aromatic heterocycles. The van der Waals surface area contributed by atoms with Crippen molar-refractivity contribution in [1.82, 2.24) is 29.6 Å². The maximum absolute atomic E-state index is 13.2. The number of nitrogens with zero attached hydrogens (tertiary/aromatic N) is 4. The summed E-state index contributed by atoms with van der Waals surface area (Å²) in [6.07, 6.45) is 3.55. The molecule has 3 heterocycles. The number of aromatic nitrogens is 2. The average molecular weight is 427 g/mol. The molecule has 3 rings (SSSR count). The zero-order valence-corrected chi connectivity index (χ0v) is 18.1. The minimum Gasteiger partial charge on any atom is -0.354 e. The molecule has 2 aliphatic rings. The van der Waals surface area contributed by atoms with Crippen LogP contribution in [0.3, 0.4) is 0 Å². The molecule has 2 amide bonds. The van der Waals surface area contributed by atoms with Crippen molar-refractivity contribution in [2.24, 2.45) is 13.0 Å². The van der Waals surface area contributed by atoms with Crippen molar-refractivity contribution < 1.29 is 18.0 Å². The first-order valence-corrected chi connectivity index (χ1v) is 11.7. The van der Waals surface area contributed by atoms with Gasteiger partial charge in [0.1, 0.15) is 6.04 Å². The standard InChI is InChI=1S/C18H30N6O4S/c1-12(2)17(25)19-8-16-18(26)24-10-14(21-29(4,27)28)7-15(24)11-23(16)9-13-5-6-22(3)20-13/h5-6,12,14-16,21H,7-11H2,1-4H3,(H,19,25)/t14-,15-,16-/m0/s1. The van der Waals surface area contributed by atoms with Gasteiger partial charge in [-0.3, -0.25) is 19.2 Å². The highest BCUT2D eigenvalue weighted by atomic mass is 32.2. The Kier molecular flexibility index (Phi) is 6.30. The van der Waals surface area contributed by atoms with Crippen molar-refractivity contribution in [3.8, 4) is 0 Å². The molecule has 0 spiro atoms. The van der Waals surface area contributed by atoms with Crippen LogP contribution in [-0.2, 0) is 33.2 Å². The van der Waals surface area contributed by atoms with Gasteiger partial charge >= 0.3 is 0 Å². The number of amides is 2. The van der Waals surface area contributed by atoms with E-state index in [1.54, 1.807) is 9.58 Å². The second-order valence-corrected chi connectivity index (χ2v) is 10.1. The van der Waals surface area contributed by atoms with Crippen molar-refractivity contribution in [3.63, 3.8) is 0 Å². The van der Waals surface area contributed by atoms with Crippen LogP contribution >= 0.6 is 0 Å². The minimum atomic E-state index is -3.34. The number of hydrogen-bond donors (Lipinski definition) is 2. The monoisotopic (exact) mass is 426 g/mol. The summed E-state index contributed by atoms with van der Waals surface area (Å²) in [5.74, 6) is -0.351. The molecule has 162 valence electrons. The number of carbonyl (C=O) groups excluding carboxylic acids is 2. The van der Waals surface area contributed by atoms with Crippen LogP contribution in [0, 0.1) is 5.92 Å². The van der Waals surface area contributed by atoms with E-state index >= 15 is 0 Å². The molecule has 0 saturated carbocycles. The zero-order chi connectivity index (χ0) is 21.3. The molecule has 1 aromatic rings. The van der Waals surface area contributed by atoms with Gasteiger partial charge in [-0.2, -0.15) is 5.10 Å². The van der Waals surface area contributed by atoms with E-state index in [1.807, 2.05) is 38.1 Å². The normalized spacial score (nSPS) is 25.5. The number of hydrogen-bond acceptors (Lipinski definition) is 6. The Hall–Kier alpha value is -1.98. The van der Waals surface area contributed by atoms with Crippen LogP contribution in [0.4, 0.5) is 0 Å². The Labute approximate surface area is 171 Å². The summed E-state index contributed by atoms with van der Waals surface area (Å²) in [5, 5.41) is 7.28. The van der Waals surface area contributed by atoms with Gasteiger partial charge in [0, 0.05) is 57.4 Å². The Morgan fingerprint density at radius 2 is 2.07 bits per heavy atom. The lowest BCUT2D eigenvalue weighted by Gasteiger charge is -2.42. The lowest BCUT2D eigenvalue weighted by Crippen LogP contribution is -2.62. The topological polar surface area (TPSA) is 117 Å². The summed E-state index contributed by atoms with van der Waals surface area (Å²) in [7, 11) is -1.50. The van der Waals surface area contributed by atoms with E-state index in [0.717, 1.165) is 11.9 Å². The second kappa shape index (κ2) is 8.41. The second-order valence-electron chi connectivity index (χ2n) is 8.29. The highest BCUT2D eigenvalue weighted by molar-refractivity contribution is 7.88. The lowest BCUT2D eigenvalue weighted by atomic mass is 10.0. The Morgan fingerprint density at radius 3 is 2.66 bits per heavy atom. The first kappa shape index (κ1) is 21.7. The van der Waals surface area contributed by atoms with E-state index < -0.39 is 16.1 Å². The van der Waals surface area contributed by atoms with E-state index in [4.69, 9.17) is 0 Å². The maximum atomic E-state index is 13.2. The van der Waals surface area contributed by atoms with E-state index in [1.165, 1.54) is 0 Å². The molecule has 3 atom stereocenters. The Balaban J connectivity index is 1.76. The Bertz CT molecular complexity index is 867. The van der Waals surface area contributed by atoms with Crippen molar-refractivity contribution in [3.05, 3.63) is 18.0 Å². The molecule has 29 heavy (non-hydrogen) atoms. The fourth-order valence-electron chi connectivity index (χ4n) is 4.04. The molecule has 11 heteroatoms. The number of carbonyl (C=O) groups is 2. The molecule has 2 aliphatic heterocycles. The quantitative estimate of drug-likeness (QED) is 0.571. The maximum Gasteiger partial charge on any atom is 0.242 e. The highest BCUT2D eigenvalue weighted by Crippen LogP contribution is 2.27. The van der Waals surface area contributed by atoms with E-state index in [-0.39, 0.29) is 36.4 Å². The Morgan fingerprint density at radius 1 is 1.34 bits per heavy atom. The molecule has 10 nitrogen and oxygen atoms in total. The molecule has 0 aromatic carbocycles. The summed E-state index contributed by atoms with van der Waals surface area (Å²) < 4.78 is 27.5. The van der Waals surface area contributed by atoms with Gasteiger partial charge in [0.05, 0.1) is 11.9 Å².